The first-order valence-electron chi connectivity index (χ1n) is 6.21. The molecule has 0 saturated carbocycles. The van der Waals surface area contributed by atoms with E-state index in [0.717, 1.165) is 27.7 Å². The Balaban J connectivity index is 1.88. The molecule has 2 rings (SSSR count). The van der Waals surface area contributed by atoms with Crippen LogP contribution < -0.4 is 5.32 Å². The highest BCUT2D eigenvalue weighted by molar-refractivity contribution is 7.15. The van der Waals surface area contributed by atoms with Crippen molar-refractivity contribution in [1.29, 1.82) is 0 Å². The second kappa shape index (κ2) is 6.47. The van der Waals surface area contributed by atoms with E-state index in [1.807, 2.05) is 0 Å². The van der Waals surface area contributed by atoms with Crippen LogP contribution in [0, 0.1) is 12.7 Å². The number of halogens is 1. The Hall–Kier alpha value is -1.95. The van der Waals surface area contributed by atoms with Crippen LogP contribution in [0.15, 0.2) is 24.3 Å². The zero-order valence-electron chi connectivity index (χ0n) is 11.0. The second-order valence-electron chi connectivity index (χ2n) is 4.40. The molecule has 0 spiro atoms. The van der Waals surface area contributed by atoms with Crippen LogP contribution >= 0.6 is 11.3 Å². The van der Waals surface area contributed by atoms with Crippen molar-refractivity contribution in [2.24, 2.45) is 0 Å². The maximum Gasteiger partial charge on any atom is 0.308 e. The molecule has 0 fully saturated rings. The molecule has 0 saturated heterocycles. The van der Waals surface area contributed by atoms with Gasteiger partial charge in [-0.25, -0.2) is 9.37 Å². The molecule has 0 unspecified atom stereocenters. The van der Waals surface area contributed by atoms with Crippen LogP contribution in [-0.2, 0) is 17.6 Å². The fourth-order valence-corrected chi connectivity index (χ4v) is 2.75. The fraction of sp³-hybridized carbons (Fsp3) is 0.286. The van der Waals surface area contributed by atoms with E-state index in [-0.39, 0.29) is 12.2 Å². The Bertz CT molecular complexity index is 596. The van der Waals surface area contributed by atoms with E-state index >= 15 is 0 Å². The quantitative estimate of drug-likeness (QED) is 0.860. The van der Waals surface area contributed by atoms with E-state index in [1.54, 1.807) is 19.1 Å². The molecule has 2 N–H and O–H groups in total. The van der Waals surface area contributed by atoms with Gasteiger partial charge in [0.15, 0.2) is 5.13 Å². The molecule has 20 heavy (non-hydrogen) atoms. The number of nitrogens with one attached hydrogen (secondary N) is 1. The summed E-state index contributed by atoms with van der Waals surface area (Å²) in [4.78, 5) is 15.7. The standard InChI is InChI=1S/C14H15FN2O2S/c1-9-12(8-13(18)19)20-14(17-9)16-7-6-10-2-4-11(15)5-3-10/h2-5H,6-8H2,1H3,(H,16,17)(H,18,19). The molecular formula is C14H15FN2O2S. The van der Waals surface area contributed by atoms with Crippen LogP contribution in [0.3, 0.4) is 0 Å². The minimum Gasteiger partial charge on any atom is -0.481 e. The normalized spacial score (nSPS) is 10.5. The van der Waals surface area contributed by atoms with Gasteiger partial charge < -0.3 is 10.4 Å². The highest BCUT2D eigenvalue weighted by Gasteiger charge is 2.10. The molecule has 0 atom stereocenters. The summed E-state index contributed by atoms with van der Waals surface area (Å²) in [5, 5.41) is 12.7. The van der Waals surface area contributed by atoms with Gasteiger partial charge in [-0.1, -0.05) is 12.1 Å². The lowest BCUT2D eigenvalue weighted by molar-refractivity contribution is -0.136. The Labute approximate surface area is 120 Å². The van der Waals surface area contributed by atoms with Crippen molar-refractivity contribution in [3.63, 3.8) is 0 Å². The number of carbonyl (C=O) groups is 1. The smallest absolute Gasteiger partial charge is 0.308 e. The third kappa shape index (κ3) is 4.03. The fourth-order valence-electron chi connectivity index (χ4n) is 1.77. The van der Waals surface area contributed by atoms with Crippen molar-refractivity contribution in [2.45, 2.75) is 19.8 Å². The van der Waals surface area contributed by atoms with Gasteiger partial charge in [0.05, 0.1) is 12.1 Å². The van der Waals surface area contributed by atoms with Crippen LogP contribution in [0.5, 0.6) is 0 Å². The molecule has 0 bridgehead atoms. The van der Waals surface area contributed by atoms with Crippen molar-refractivity contribution >= 4 is 22.4 Å². The number of aryl methyl sites for hydroxylation is 1. The molecule has 1 aromatic heterocycles. The van der Waals surface area contributed by atoms with Gasteiger partial charge in [0, 0.05) is 11.4 Å². The molecule has 0 radical (unpaired) electrons. The van der Waals surface area contributed by atoms with Gasteiger partial charge in [-0.05, 0) is 31.0 Å². The monoisotopic (exact) mass is 294 g/mol. The third-order valence-corrected chi connectivity index (χ3v) is 3.92. The molecule has 1 heterocycles. The SMILES string of the molecule is Cc1nc(NCCc2ccc(F)cc2)sc1CC(=O)O. The highest BCUT2D eigenvalue weighted by Crippen LogP contribution is 2.23. The van der Waals surface area contributed by atoms with Gasteiger partial charge in [-0.2, -0.15) is 0 Å². The zero-order chi connectivity index (χ0) is 14.5. The predicted octanol–water partition coefficient (Wildman–Crippen LogP) is 2.87. The van der Waals surface area contributed by atoms with E-state index in [9.17, 15) is 9.18 Å². The second-order valence-corrected chi connectivity index (χ2v) is 5.48. The van der Waals surface area contributed by atoms with Crippen molar-refractivity contribution in [3.05, 3.63) is 46.2 Å². The maximum atomic E-state index is 12.8. The van der Waals surface area contributed by atoms with Crippen molar-refractivity contribution in [3.8, 4) is 0 Å². The number of benzene rings is 1. The van der Waals surface area contributed by atoms with Gasteiger partial charge in [-0.3, -0.25) is 4.79 Å². The summed E-state index contributed by atoms with van der Waals surface area (Å²) < 4.78 is 12.8. The number of thiazole rings is 1. The minimum absolute atomic E-state index is 0.00312. The lowest BCUT2D eigenvalue weighted by Gasteiger charge is -2.02. The third-order valence-electron chi connectivity index (χ3n) is 2.81. The molecule has 2 aromatic rings. The number of carboxylic acid groups (broad SMARTS) is 1. The number of aliphatic carboxylic acids is 1. The summed E-state index contributed by atoms with van der Waals surface area (Å²) in [6.45, 7) is 2.48. The number of anilines is 1. The van der Waals surface area contributed by atoms with Gasteiger partial charge in [0.1, 0.15) is 5.82 Å². The summed E-state index contributed by atoms with van der Waals surface area (Å²) in [7, 11) is 0. The molecule has 6 heteroatoms. The van der Waals surface area contributed by atoms with Crippen LogP contribution in [0.1, 0.15) is 16.1 Å². The number of rotatable bonds is 6. The Kier molecular flexibility index (Phi) is 4.68. The molecular weight excluding hydrogens is 279 g/mol. The van der Waals surface area contributed by atoms with E-state index in [2.05, 4.69) is 10.3 Å². The molecule has 0 aliphatic carbocycles. The first-order valence-corrected chi connectivity index (χ1v) is 7.02. The van der Waals surface area contributed by atoms with E-state index in [4.69, 9.17) is 5.11 Å². The number of hydrogen-bond acceptors (Lipinski definition) is 4. The Morgan fingerprint density at radius 1 is 1.40 bits per heavy atom. The Morgan fingerprint density at radius 2 is 2.10 bits per heavy atom. The number of hydrogen-bond donors (Lipinski definition) is 2. The van der Waals surface area contributed by atoms with Crippen molar-refractivity contribution < 1.29 is 14.3 Å². The summed E-state index contributed by atoms with van der Waals surface area (Å²) in [5.74, 6) is -1.09. The molecule has 0 aliphatic rings. The molecule has 0 aliphatic heterocycles. The molecule has 4 nitrogen and oxygen atoms in total. The van der Waals surface area contributed by atoms with Crippen LogP contribution in [0.2, 0.25) is 0 Å². The lowest BCUT2D eigenvalue weighted by Crippen LogP contribution is -2.04. The molecule has 106 valence electrons. The number of nitrogens with zero attached hydrogens (tertiary/aromatic N) is 1. The summed E-state index contributed by atoms with van der Waals surface area (Å²) in [6.07, 6.45) is 0.760. The van der Waals surface area contributed by atoms with Gasteiger partial charge >= 0.3 is 5.97 Å². The van der Waals surface area contributed by atoms with Gasteiger partial charge in [0.2, 0.25) is 0 Å². The average Bonchev–Trinajstić information content (AvgIpc) is 2.72. The average molecular weight is 294 g/mol. The van der Waals surface area contributed by atoms with Crippen molar-refractivity contribution in [1.82, 2.24) is 4.98 Å². The lowest BCUT2D eigenvalue weighted by atomic mass is 10.1. The topological polar surface area (TPSA) is 62.2 Å². The zero-order valence-corrected chi connectivity index (χ0v) is 11.8. The molecule has 1 aromatic carbocycles. The van der Waals surface area contributed by atoms with Gasteiger partial charge in [0.25, 0.3) is 0 Å². The Morgan fingerprint density at radius 3 is 2.75 bits per heavy atom. The predicted molar refractivity (Wildman–Crippen MR) is 76.8 cm³/mol. The highest BCUT2D eigenvalue weighted by atomic mass is 32.1. The largest absolute Gasteiger partial charge is 0.481 e. The van der Waals surface area contributed by atoms with E-state index in [1.165, 1.54) is 23.5 Å². The van der Waals surface area contributed by atoms with E-state index in [0.29, 0.717) is 6.54 Å². The number of aromatic nitrogens is 1. The summed E-state index contributed by atoms with van der Waals surface area (Å²) in [6, 6.07) is 6.38. The first-order chi connectivity index (χ1) is 9.54. The molecule has 0 amide bonds. The van der Waals surface area contributed by atoms with Crippen LogP contribution in [-0.4, -0.2) is 22.6 Å². The van der Waals surface area contributed by atoms with Crippen LogP contribution in [0.25, 0.3) is 0 Å². The summed E-state index contributed by atoms with van der Waals surface area (Å²) in [5.41, 5.74) is 1.79. The van der Waals surface area contributed by atoms with Crippen LogP contribution in [0.4, 0.5) is 9.52 Å². The minimum atomic E-state index is -0.852. The van der Waals surface area contributed by atoms with Crippen molar-refractivity contribution in [2.75, 3.05) is 11.9 Å². The van der Waals surface area contributed by atoms with Gasteiger partial charge in [-0.15, -0.1) is 11.3 Å². The first kappa shape index (κ1) is 14.5. The van der Waals surface area contributed by atoms with E-state index < -0.39 is 5.97 Å². The summed E-state index contributed by atoms with van der Waals surface area (Å²) >= 11 is 1.36. The maximum absolute atomic E-state index is 12.8. The number of carboxylic acids is 1.